The maximum Gasteiger partial charge on any atom is 0.0781 e. The number of rotatable bonds is 8. The summed E-state index contributed by atoms with van der Waals surface area (Å²) in [4.78, 5) is 0. The predicted molar refractivity (Wildman–Crippen MR) is 70.0 cm³/mol. The van der Waals surface area contributed by atoms with E-state index in [4.69, 9.17) is 19.7 Å². The van der Waals surface area contributed by atoms with Crippen LogP contribution in [0.15, 0.2) is 25.3 Å². The molecule has 4 heteroatoms. The Bertz CT molecular complexity index is 174. The Morgan fingerprint density at radius 2 is 1.47 bits per heavy atom. The van der Waals surface area contributed by atoms with E-state index in [9.17, 15) is 0 Å². The zero-order valence-electron chi connectivity index (χ0n) is 11.1. The van der Waals surface area contributed by atoms with Crippen LogP contribution in [0.25, 0.3) is 0 Å². The Labute approximate surface area is 105 Å². The molecule has 0 bridgehead atoms. The average Bonchev–Trinajstić information content (AvgIpc) is 2.33. The maximum atomic E-state index is 8.92. The molecule has 0 aliphatic rings. The average molecular weight is 246 g/mol. The van der Waals surface area contributed by atoms with Crippen LogP contribution in [0, 0.1) is 0 Å². The number of allylic oxidation sites excluding steroid dienone is 2. The highest BCUT2D eigenvalue weighted by Gasteiger charge is 2.06. The second kappa shape index (κ2) is 13.4. The summed E-state index contributed by atoms with van der Waals surface area (Å²) in [7, 11) is 0. The Morgan fingerprint density at radius 1 is 1.00 bits per heavy atom. The summed E-state index contributed by atoms with van der Waals surface area (Å²) in [6.45, 7) is 12.8. The van der Waals surface area contributed by atoms with E-state index in [1.54, 1.807) is 26.0 Å². The van der Waals surface area contributed by atoms with Gasteiger partial charge in [0.1, 0.15) is 0 Å². The van der Waals surface area contributed by atoms with Crippen LogP contribution in [0.4, 0.5) is 0 Å². The molecule has 0 aromatic rings. The van der Waals surface area contributed by atoms with Crippen molar-refractivity contribution in [3.63, 3.8) is 0 Å². The largest absolute Gasteiger partial charge is 0.394 e. The summed E-state index contributed by atoms with van der Waals surface area (Å²) in [5.41, 5.74) is 0. The minimum absolute atomic E-state index is 0.0170. The van der Waals surface area contributed by atoms with Crippen molar-refractivity contribution < 1.29 is 19.7 Å². The third kappa shape index (κ3) is 17.9. The molecule has 0 aromatic heterocycles. The first-order valence-corrected chi connectivity index (χ1v) is 5.73. The zero-order valence-corrected chi connectivity index (χ0v) is 11.1. The van der Waals surface area contributed by atoms with Gasteiger partial charge < -0.3 is 19.7 Å². The van der Waals surface area contributed by atoms with Crippen molar-refractivity contribution in [2.24, 2.45) is 0 Å². The van der Waals surface area contributed by atoms with E-state index < -0.39 is 6.10 Å². The van der Waals surface area contributed by atoms with Gasteiger partial charge in [-0.05, 0) is 20.8 Å². The van der Waals surface area contributed by atoms with Crippen LogP contribution in [0.2, 0.25) is 0 Å². The summed E-state index contributed by atoms with van der Waals surface area (Å²) >= 11 is 0. The molecule has 4 nitrogen and oxygen atoms in total. The van der Waals surface area contributed by atoms with Gasteiger partial charge in [0.2, 0.25) is 0 Å². The van der Waals surface area contributed by atoms with E-state index in [1.807, 2.05) is 6.92 Å². The van der Waals surface area contributed by atoms with Gasteiger partial charge >= 0.3 is 0 Å². The number of hydrogen-bond acceptors (Lipinski definition) is 4. The Kier molecular flexibility index (Phi) is 14.7. The van der Waals surface area contributed by atoms with E-state index in [0.717, 1.165) is 0 Å². The summed E-state index contributed by atoms with van der Waals surface area (Å²) < 4.78 is 10.5. The first-order chi connectivity index (χ1) is 7.97. The van der Waals surface area contributed by atoms with Gasteiger partial charge in [-0.2, -0.15) is 0 Å². The molecule has 102 valence electrons. The zero-order chi connectivity index (χ0) is 13.7. The van der Waals surface area contributed by atoms with Crippen LogP contribution >= 0.6 is 0 Å². The van der Waals surface area contributed by atoms with Crippen LogP contribution in [0.3, 0.4) is 0 Å². The fraction of sp³-hybridized carbons (Fsp3) is 0.692. The molecule has 0 heterocycles. The van der Waals surface area contributed by atoms with Crippen LogP contribution in [0.5, 0.6) is 0 Å². The van der Waals surface area contributed by atoms with E-state index in [0.29, 0.717) is 13.2 Å². The number of aliphatic hydroxyl groups is 2. The summed E-state index contributed by atoms with van der Waals surface area (Å²) in [6.07, 6.45) is 2.62. The topological polar surface area (TPSA) is 58.9 Å². The second-order valence-corrected chi connectivity index (χ2v) is 3.79. The van der Waals surface area contributed by atoms with Gasteiger partial charge in [-0.25, -0.2) is 0 Å². The molecular formula is C13H26O4. The van der Waals surface area contributed by atoms with Crippen LogP contribution < -0.4 is 0 Å². The Morgan fingerprint density at radius 3 is 1.82 bits per heavy atom. The molecule has 0 radical (unpaired) electrons. The first kappa shape index (κ1) is 18.7. The van der Waals surface area contributed by atoms with E-state index in [1.165, 1.54) is 0 Å². The minimum atomic E-state index is -0.447. The summed E-state index contributed by atoms with van der Waals surface area (Å²) in [5.74, 6) is 0. The van der Waals surface area contributed by atoms with Gasteiger partial charge in [0.25, 0.3) is 0 Å². The standard InChI is InChI=1S/C9H20O4.C4H6/c1-7(11)5-12-9(3)6-13-8(2)4-10;1-3-4-2/h7-11H,4-6H2,1-3H3;3-4H,1-2H2. The lowest BCUT2D eigenvalue weighted by atomic mass is 10.4. The van der Waals surface area contributed by atoms with E-state index >= 15 is 0 Å². The minimum Gasteiger partial charge on any atom is -0.394 e. The molecule has 0 rings (SSSR count). The molecule has 2 N–H and O–H groups in total. The number of aliphatic hydroxyl groups excluding tert-OH is 2. The van der Waals surface area contributed by atoms with Gasteiger partial charge in [-0.3, -0.25) is 0 Å². The van der Waals surface area contributed by atoms with Gasteiger partial charge in [0.05, 0.1) is 38.1 Å². The molecule has 0 aliphatic carbocycles. The highest BCUT2D eigenvalue weighted by Crippen LogP contribution is 1.97. The molecule has 0 spiro atoms. The van der Waals surface area contributed by atoms with Crippen molar-refractivity contribution in [3.05, 3.63) is 25.3 Å². The van der Waals surface area contributed by atoms with Crippen LogP contribution in [0.1, 0.15) is 20.8 Å². The summed E-state index contributed by atoms with van der Waals surface area (Å²) in [5, 5.41) is 17.6. The lowest BCUT2D eigenvalue weighted by molar-refractivity contribution is -0.0620. The SMILES string of the molecule is C=CC=C.CC(O)COC(C)COC(C)CO. The van der Waals surface area contributed by atoms with Crippen molar-refractivity contribution in [3.8, 4) is 0 Å². The van der Waals surface area contributed by atoms with Crippen molar-refractivity contribution in [2.75, 3.05) is 19.8 Å². The van der Waals surface area contributed by atoms with Gasteiger partial charge in [-0.1, -0.05) is 25.3 Å². The normalized spacial score (nSPS) is 15.1. The fourth-order valence-electron chi connectivity index (χ4n) is 0.704. The monoisotopic (exact) mass is 246 g/mol. The second-order valence-electron chi connectivity index (χ2n) is 3.79. The molecule has 3 unspecified atom stereocenters. The third-order valence-electron chi connectivity index (χ3n) is 1.66. The van der Waals surface area contributed by atoms with Crippen molar-refractivity contribution in [2.45, 2.75) is 39.1 Å². The third-order valence-corrected chi connectivity index (χ3v) is 1.66. The smallest absolute Gasteiger partial charge is 0.0781 e. The molecule has 17 heavy (non-hydrogen) atoms. The first-order valence-electron chi connectivity index (χ1n) is 5.73. The van der Waals surface area contributed by atoms with Gasteiger partial charge in [-0.15, -0.1) is 0 Å². The van der Waals surface area contributed by atoms with Gasteiger partial charge in [0, 0.05) is 0 Å². The molecule has 0 amide bonds. The van der Waals surface area contributed by atoms with Gasteiger partial charge in [0.15, 0.2) is 0 Å². The summed E-state index contributed by atoms with van der Waals surface area (Å²) in [6, 6.07) is 0. The van der Waals surface area contributed by atoms with Crippen molar-refractivity contribution in [1.29, 1.82) is 0 Å². The van der Waals surface area contributed by atoms with E-state index in [-0.39, 0.29) is 18.8 Å². The Balaban J connectivity index is 0. The van der Waals surface area contributed by atoms with Crippen LogP contribution in [-0.4, -0.2) is 48.3 Å². The van der Waals surface area contributed by atoms with Crippen molar-refractivity contribution >= 4 is 0 Å². The lowest BCUT2D eigenvalue weighted by Gasteiger charge is -2.16. The van der Waals surface area contributed by atoms with E-state index in [2.05, 4.69) is 13.2 Å². The highest BCUT2D eigenvalue weighted by molar-refractivity contribution is 4.88. The Hall–Kier alpha value is -0.680. The number of hydrogen-bond donors (Lipinski definition) is 2. The van der Waals surface area contributed by atoms with Crippen molar-refractivity contribution in [1.82, 2.24) is 0 Å². The highest BCUT2D eigenvalue weighted by atomic mass is 16.5. The fourth-order valence-corrected chi connectivity index (χ4v) is 0.704. The molecule has 0 aliphatic heterocycles. The maximum absolute atomic E-state index is 8.92. The van der Waals surface area contributed by atoms with Crippen LogP contribution in [-0.2, 0) is 9.47 Å². The molecule has 0 saturated carbocycles. The molecule has 0 aromatic carbocycles. The molecule has 0 saturated heterocycles. The molecular weight excluding hydrogens is 220 g/mol. The molecule has 0 fully saturated rings. The number of ether oxygens (including phenoxy) is 2. The molecule has 3 atom stereocenters. The lowest BCUT2D eigenvalue weighted by Crippen LogP contribution is -2.24. The quantitative estimate of drug-likeness (QED) is 0.638. The predicted octanol–water partition coefficient (Wildman–Crippen LogP) is 1.53.